The standard InChI is InChI=1S/C20H21N3O4/c1-14(10-15-8-9-18(25-2)19(11-15)26-3)22-23-20(24)13-27-17-7-5-4-6-16(17)12-21/h4-9,11H,10,13H2,1-3H3,(H,23,24)/b22-14-. The molecule has 0 heterocycles. The average Bonchev–Trinajstić information content (AvgIpc) is 2.70. The molecule has 1 amide bonds. The van der Waals surface area contributed by atoms with Gasteiger partial charge in [0.2, 0.25) is 0 Å². The van der Waals surface area contributed by atoms with E-state index in [0.717, 1.165) is 5.56 Å². The maximum atomic E-state index is 11.9. The molecule has 7 heteroatoms. The Morgan fingerprint density at radius 1 is 1.11 bits per heavy atom. The lowest BCUT2D eigenvalue weighted by atomic mass is 10.1. The van der Waals surface area contributed by atoms with E-state index in [2.05, 4.69) is 10.5 Å². The number of hydrazone groups is 1. The van der Waals surface area contributed by atoms with Gasteiger partial charge >= 0.3 is 0 Å². The third-order valence-corrected chi connectivity index (χ3v) is 3.65. The molecule has 27 heavy (non-hydrogen) atoms. The van der Waals surface area contributed by atoms with Crippen molar-refractivity contribution in [3.8, 4) is 23.3 Å². The molecule has 0 atom stereocenters. The van der Waals surface area contributed by atoms with E-state index in [9.17, 15) is 4.79 Å². The minimum absolute atomic E-state index is 0.230. The maximum Gasteiger partial charge on any atom is 0.277 e. The van der Waals surface area contributed by atoms with Crippen molar-refractivity contribution < 1.29 is 19.0 Å². The quantitative estimate of drug-likeness (QED) is 0.572. The Morgan fingerprint density at radius 3 is 2.56 bits per heavy atom. The van der Waals surface area contributed by atoms with E-state index in [1.165, 1.54) is 0 Å². The Kier molecular flexibility index (Phi) is 7.20. The van der Waals surface area contributed by atoms with Crippen LogP contribution in [0.4, 0.5) is 0 Å². The van der Waals surface area contributed by atoms with E-state index in [1.807, 2.05) is 31.2 Å². The highest BCUT2D eigenvalue weighted by molar-refractivity contribution is 5.86. The van der Waals surface area contributed by atoms with Gasteiger partial charge in [-0.3, -0.25) is 4.79 Å². The van der Waals surface area contributed by atoms with Gasteiger partial charge in [0.05, 0.1) is 19.8 Å². The van der Waals surface area contributed by atoms with Crippen LogP contribution in [0.25, 0.3) is 0 Å². The molecule has 2 aromatic carbocycles. The normalized spacial score (nSPS) is 10.7. The van der Waals surface area contributed by atoms with E-state index >= 15 is 0 Å². The Bertz CT molecular complexity index is 872. The summed E-state index contributed by atoms with van der Waals surface area (Å²) in [6, 6.07) is 14.3. The molecule has 140 valence electrons. The highest BCUT2D eigenvalue weighted by Crippen LogP contribution is 2.27. The molecule has 7 nitrogen and oxygen atoms in total. The predicted octanol–water partition coefficient (Wildman–Crippen LogP) is 2.69. The molecule has 0 unspecified atom stereocenters. The number of hydrogen-bond acceptors (Lipinski definition) is 6. The van der Waals surface area contributed by atoms with Crippen LogP contribution in [0.5, 0.6) is 17.2 Å². The minimum Gasteiger partial charge on any atom is -0.493 e. The summed E-state index contributed by atoms with van der Waals surface area (Å²) in [5.41, 5.74) is 4.51. The van der Waals surface area contributed by atoms with Gasteiger partial charge in [0, 0.05) is 12.1 Å². The summed E-state index contributed by atoms with van der Waals surface area (Å²) in [5.74, 6) is 1.24. The Hall–Kier alpha value is -3.53. The Morgan fingerprint density at radius 2 is 1.85 bits per heavy atom. The van der Waals surface area contributed by atoms with Crippen molar-refractivity contribution >= 4 is 11.6 Å². The number of methoxy groups -OCH3 is 2. The number of hydrogen-bond donors (Lipinski definition) is 1. The van der Waals surface area contributed by atoms with Gasteiger partial charge in [-0.05, 0) is 36.8 Å². The van der Waals surface area contributed by atoms with Crippen LogP contribution < -0.4 is 19.6 Å². The van der Waals surface area contributed by atoms with Crippen molar-refractivity contribution in [2.75, 3.05) is 20.8 Å². The van der Waals surface area contributed by atoms with Gasteiger partial charge in [0.25, 0.3) is 5.91 Å². The highest BCUT2D eigenvalue weighted by atomic mass is 16.5. The van der Waals surface area contributed by atoms with E-state index in [0.29, 0.717) is 34.9 Å². The zero-order chi connectivity index (χ0) is 19.6. The monoisotopic (exact) mass is 367 g/mol. The molecule has 0 saturated carbocycles. The van der Waals surface area contributed by atoms with Crippen molar-refractivity contribution in [1.29, 1.82) is 5.26 Å². The fourth-order valence-corrected chi connectivity index (χ4v) is 2.34. The van der Waals surface area contributed by atoms with Gasteiger partial charge in [-0.2, -0.15) is 10.4 Å². The first-order chi connectivity index (χ1) is 13.1. The molecule has 2 rings (SSSR count). The Labute approximate surface area is 158 Å². The van der Waals surface area contributed by atoms with Crippen molar-refractivity contribution in [3.63, 3.8) is 0 Å². The van der Waals surface area contributed by atoms with Crippen LogP contribution >= 0.6 is 0 Å². The van der Waals surface area contributed by atoms with Crippen molar-refractivity contribution in [2.45, 2.75) is 13.3 Å². The van der Waals surface area contributed by atoms with Crippen LogP contribution in [0.2, 0.25) is 0 Å². The molecule has 0 radical (unpaired) electrons. The molecule has 2 aromatic rings. The number of nitrogens with one attached hydrogen (secondary N) is 1. The third kappa shape index (κ3) is 5.75. The zero-order valence-electron chi connectivity index (χ0n) is 15.5. The number of carbonyl (C=O) groups is 1. The Balaban J connectivity index is 1.89. The maximum absolute atomic E-state index is 11.9. The van der Waals surface area contributed by atoms with Crippen molar-refractivity contribution in [3.05, 3.63) is 53.6 Å². The lowest BCUT2D eigenvalue weighted by Crippen LogP contribution is -2.26. The summed E-state index contributed by atoms with van der Waals surface area (Å²) in [6.45, 7) is 1.58. The molecule has 0 spiro atoms. The lowest BCUT2D eigenvalue weighted by molar-refractivity contribution is -0.123. The van der Waals surface area contributed by atoms with Gasteiger partial charge in [0.1, 0.15) is 11.8 Å². The summed E-state index contributed by atoms with van der Waals surface area (Å²) in [4.78, 5) is 11.9. The summed E-state index contributed by atoms with van der Waals surface area (Å²) < 4.78 is 15.8. The van der Waals surface area contributed by atoms with E-state index in [-0.39, 0.29) is 6.61 Å². The summed E-state index contributed by atoms with van der Waals surface area (Å²) in [7, 11) is 3.16. The average molecular weight is 367 g/mol. The molecule has 1 N–H and O–H groups in total. The molecule has 0 saturated heterocycles. The first kappa shape index (κ1) is 19.8. The molecule has 0 aromatic heterocycles. The lowest BCUT2D eigenvalue weighted by Gasteiger charge is -2.10. The zero-order valence-corrected chi connectivity index (χ0v) is 15.5. The largest absolute Gasteiger partial charge is 0.493 e. The minimum atomic E-state index is -0.408. The molecule has 0 aliphatic heterocycles. The number of para-hydroxylation sites is 1. The number of benzene rings is 2. The van der Waals surface area contributed by atoms with Crippen molar-refractivity contribution in [2.24, 2.45) is 5.10 Å². The predicted molar refractivity (Wildman–Crippen MR) is 101 cm³/mol. The van der Waals surface area contributed by atoms with E-state index in [1.54, 1.807) is 38.5 Å². The van der Waals surface area contributed by atoms with Crippen LogP contribution in [0, 0.1) is 11.3 Å². The number of rotatable bonds is 8. The van der Waals surface area contributed by atoms with Gasteiger partial charge in [-0.1, -0.05) is 18.2 Å². The second kappa shape index (κ2) is 9.82. The first-order valence-electron chi connectivity index (χ1n) is 8.22. The molecule has 0 bridgehead atoms. The summed E-state index contributed by atoms with van der Waals surface area (Å²) in [6.07, 6.45) is 0.540. The van der Waals surface area contributed by atoms with E-state index in [4.69, 9.17) is 19.5 Å². The third-order valence-electron chi connectivity index (χ3n) is 3.65. The topological polar surface area (TPSA) is 92.9 Å². The highest BCUT2D eigenvalue weighted by Gasteiger charge is 2.07. The van der Waals surface area contributed by atoms with E-state index < -0.39 is 5.91 Å². The van der Waals surface area contributed by atoms with Crippen LogP contribution in [-0.2, 0) is 11.2 Å². The van der Waals surface area contributed by atoms with Crippen LogP contribution in [0.15, 0.2) is 47.6 Å². The summed E-state index contributed by atoms with van der Waals surface area (Å²) in [5, 5.41) is 13.1. The number of nitriles is 1. The van der Waals surface area contributed by atoms with Crippen LogP contribution in [-0.4, -0.2) is 32.4 Å². The summed E-state index contributed by atoms with van der Waals surface area (Å²) >= 11 is 0. The number of nitrogens with zero attached hydrogens (tertiary/aromatic N) is 2. The van der Waals surface area contributed by atoms with Gasteiger partial charge in [-0.15, -0.1) is 0 Å². The van der Waals surface area contributed by atoms with Gasteiger partial charge in [-0.25, -0.2) is 5.43 Å². The molecule has 0 aliphatic carbocycles. The van der Waals surface area contributed by atoms with Crippen LogP contribution in [0.3, 0.4) is 0 Å². The van der Waals surface area contributed by atoms with Crippen LogP contribution in [0.1, 0.15) is 18.1 Å². The SMILES string of the molecule is COc1ccc(C/C(C)=N\NC(=O)COc2ccccc2C#N)cc1OC. The number of ether oxygens (including phenoxy) is 3. The number of amides is 1. The fraction of sp³-hybridized carbons (Fsp3) is 0.250. The molecular formula is C20H21N3O4. The van der Waals surface area contributed by atoms with Crippen molar-refractivity contribution in [1.82, 2.24) is 5.43 Å². The second-order valence-corrected chi connectivity index (χ2v) is 5.64. The van der Waals surface area contributed by atoms with Gasteiger partial charge < -0.3 is 14.2 Å². The number of carbonyl (C=O) groups excluding carboxylic acids is 1. The molecular weight excluding hydrogens is 346 g/mol. The van der Waals surface area contributed by atoms with Gasteiger partial charge in [0.15, 0.2) is 18.1 Å². The first-order valence-corrected chi connectivity index (χ1v) is 8.22. The molecule has 0 fully saturated rings. The molecule has 0 aliphatic rings. The fourth-order valence-electron chi connectivity index (χ4n) is 2.34. The second-order valence-electron chi connectivity index (χ2n) is 5.64. The smallest absolute Gasteiger partial charge is 0.277 e.